The molecule has 1 aliphatic heterocycles. The number of hydrogen-bond acceptors (Lipinski definition) is 4. The molecule has 0 spiro atoms. The van der Waals surface area contributed by atoms with Gasteiger partial charge in [0.05, 0.1) is 5.25 Å². The van der Waals surface area contributed by atoms with Crippen molar-refractivity contribution in [2.24, 2.45) is 0 Å². The Balaban J connectivity index is 1.71. The third kappa shape index (κ3) is 4.84. The molecule has 1 unspecified atom stereocenters. The van der Waals surface area contributed by atoms with Gasteiger partial charge in [-0.15, -0.1) is 0 Å². The van der Waals surface area contributed by atoms with E-state index in [-0.39, 0.29) is 11.8 Å². The van der Waals surface area contributed by atoms with E-state index in [0.717, 1.165) is 24.0 Å². The molecular weight excluding hydrogens is 376 g/mol. The molecule has 2 aliphatic rings. The summed E-state index contributed by atoms with van der Waals surface area (Å²) in [5.74, 6) is -1.79. The fraction of sp³-hybridized carbons (Fsp3) is 0.381. The Morgan fingerprint density at radius 3 is 2.71 bits per heavy atom. The summed E-state index contributed by atoms with van der Waals surface area (Å²) in [5.41, 5.74) is 2.72. The zero-order chi connectivity index (χ0) is 20.1. The van der Waals surface area contributed by atoms with Gasteiger partial charge in [-0.05, 0) is 49.3 Å². The lowest BCUT2D eigenvalue weighted by molar-refractivity contribution is -0.144. The van der Waals surface area contributed by atoms with Gasteiger partial charge in [-0.1, -0.05) is 36.4 Å². The second-order valence-corrected chi connectivity index (χ2v) is 7.68. The van der Waals surface area contributed by atoms with Crippen LogP contribution in [-0.2, 0) is 20.8 Å². The summed E-state index contributed by atoms with van der Waals surface area (Å²) in [4.78, 5) is 38.2. The van der Waals surface area contributed by atoms with Gasteiger partial charge < -0.3 is 10.4 Å². The van der Waals surface area contributed by atoms with Crippen LogP contribution in [0.2, 0.25) is 0 Å². The highest BCUT2D eigenvalue weighted by Crippen LogP contribution is 2.30. The van der Waals surface area contributed by atoms with E-state index in [2.05, 4.69) is 17.9 Å². The zero-order valence-electron chi connectivity index (χ0n) is 15.5. The van der Waals surface area contributed by atoms with Crippen molar-refractivity contribution in [3.05, 3.63) is 59.3 Å². The Bertz CT molecular complexity index is 819. The van der Waals surface area contributed by atoms with E-state index in [4.69, 9.17) is 0 Å². The molecular formula is C21H24N2O4S. The van der Waals surface area contributed by atoms with Crippen molar-refractivity contribution in [3.8, 4) is 0 Å². The highest BCUT2D eigenvalue weighted by Gasteiger charge is 2.34. The monoisotopic (exact) mass is 400 g/mol. The van der Waals surface area contributed by atoms with Crippen molar-refractivity contribution >= 4 is 30.4 Å². The molecule has 1 heterocycles. The lowest BCUT2D eigenvalue weighted by Crippen LogP contribution is -2.50. The molecule has 28 heavy (non-hydrogen) atoms. The summed E-state index contributed by atoms with van der Waals surface area (Å²) < 4.78 is 0. The highest BCUT2D eigenvalue weighted by molar-refractivity contribution is 7.81. The van der Waals surface area contributed by atoms with Crippen molar-refractivity contribution in [1.82, 2.24) is 10.2 Å². The quantitative estimate of drug-likeness (QED) is 0.640. The minimum Gasteiger partial charge on any atom is -0.480 e. The van der Waals surface area contributed by atoms with Gasteiger partial charge in [-0.3, -0.25) is 19.3 Å². The molecule has 7 heteroatoms. The van der Waals surface area contributed by atoms with Gasteiger partial charge in [0.15, 0.2) is 0 Å². The van der Waals surface area contributed by atoms with Crippen molar-refractivity contribution in [2.45, 2.75) is 43.4 Å². The van der Waals surface area contributed by atoms with Gasteiger partial charge >= 0.3 is 5.97 Å². The number of aliphatic carboxylic acids is 1. The Morgan fingerprint density at radius 2 is 2.00 bits per heavy atom. The van der Waals surface area contributed by atoms with Crippen LogP contribution < -0.4 is 5.32 Å². The smallest absolute Gasteiger partial charge is 0.323 e. The Morgan fingerprint density at radius 1 is 1.25 bits per heavy atom. The third-order valence-electron chi connectivity index (χ3n) is 5.02. The first-order valence-electron chi connectivity index (χ1n) is 9.40. The topological polar surface area (TPSA) is 86.7 Å². The van der Waals surface area contributed by atoms with Crippen LogP contribution in [0.15, 0.2) is 53.8 Å². The summed E-state index contributed by atoms with van der Waals surface area (Å²) in [5, 5.41) is 11.4. The van der Waals surface area contributed by atoms with Crippen LogP contribution in [0.5, 0.6) is 0 Å². The van der Waals surface area contributed by atoms with Gasteiger partial charge in [-0.2, -0.15) is 12.6 Å². The molecule has 148 valence electrons. The molecule has 6 nitrogen and oxygen atoms in total. The fourth-order valence-electron chi connectivity index (χ4n) is 3.61. The summed E-state index contributed by atoms with van der Waals surface area (Å²) in [7, 11) is 0. The lowest BCUT2D eigenvalue weighted by Gasteiger charge is -2.27. The maximum atomic E-state index is 13.0. The second kappa shape index (κ2) is 9.10. The number of nitrogens with zero attached hydrogens (tertiary/aromatic N) is 1. The number of amides is 2. The van der Waals surface area contributed by atoms with Crippen LogP contribution in [0.25, 0.3) is 0 Å². The Kier molecular flexibility index (Phi) is 6.57. The van der Waals surface area contributed by atoms with Crippen LogP contribution in [0.3, 0.4) is 0 Å². The summed E-state index contributed by atoms with van der Waals surface area (Å²) >= 11 is 4.40. The second-order valence-electron chi connectivity index (χ2n) is 7.05. The number of carbonyl (C=O) groups excluding carboxylic acids is 2. The van der Waals surface area contributed by atoms with Crippen LogP contribution >= 0.6 is 12.6 Å². The van der Waals surface area contributed by atoms with Crippen molar-refractivity contribution in [1.29, 1.82) is 0 Å². The van der Waals surface area contributed by atoms with Gasteiger partial charge in [0, 0.05) is 5.70 Å². The third-order valence-corrected chi connectivity index (χ3v) is 5.44. The normalized spacial score (nSPS) is 20.4. The number of carbonyl (C=O) groups is 3. The molecule has 1 aliphatic carbocycles. The largest absolute Gasteiger partial charge is 0.480 e. The maximum Gasteiger partial charge on any atom is 0.323 e. The molecule has 0 saturated carbocycles. The van der Waals surface area contributed by atoms with Gasteiger partial charge in [0.25, 0.3) is 0 Å². The minimum absolute atomic E-state index is 0.323. The molecule has 0 radical (unpaired) electrons. The van der Waals surface area contributed by atoms with Crippen LogP contribution in [0, 0.1) is 0 Å². The van der Waals surface area contributed by atoms with Crippen LogP contribution in [0.4, 0.5) is 0 Å². The molecule has 3 rings (SSSR count). The summed E-state index contributed by atoms with van der Waals surface area (Å²) in [6.45, 7) is -0.414. The standard InChI is InChI=1S/C21H24N2O4S/c24-19(25)13-23-17-9-5-4-8-15(17)10-11-16(21(23)27)22-20(26)18(28)12-14-6-2-1-3-7-14/h1-3,5-7,9,16,18,28H,4,8,10-13H2,(H,22,26)(H,24,25)/t16?,18-/m0/s1. The SMILES string of the molecule is O=C(O)CN1C(=O)C(NC(=O)[C@@H](S)Cc2ccccc2)CCC2=C1C=CCC2. The molecule has 0 aromatic heterocycles. The van der Waals surface area contributed by atoms with Crippen molar-refractivity contribution < 1.29 is 19.5 Å². The Labute approximate surface area is 169 Å². The predicted molar refractivity (Wildman–Crippen MR) is 109 cm³/mol. The number of thiol groups is 1. The lowest BCUT2D eigenvalue weighted by atomic mass is 9.97. The number of carboxylic acid groups (broad SMARTS) is 1. The highest BCUT2D eigenvalue weighted by atomic mass is 32.1. The first-order valence-corrected chi connectivity index (χ1v) is 9.91. The average molecular weight is 401 g/mol. The summed E-state index contributed by atoms with van der Waals surface area (Å²) in [6, 6.07) is 8.79. The number of allylic oxidation sites excluding steroid dienone is 3. The maximum absolute atomic E-state index is 13.0. The van der Waals surface area contributed by atoms with Crippen molar-refractivity contribution in [3.63, 3.8) is 0 Å². The van der Waals surface area contributed by atoms with Gasteiger partial charge in [0.2, 0.25) is 11.8 Å². The number of nitrogens with one attached hydrogen (secondary N) is 1. The van der Waals surface area contributed by atoms with Crippen LogP contribution in [0.1, 0.15) is 31.2 Å². The molecule has 2 atom stereocenters. The number of rotatable bonds is 6. The number of benzene rings is 1. The molecule has 0 fully saturated rings. The van der Waals surface area contributed by atoms with Gasteiger partial charge in [-0.25, -0.2) is 0 Å². The van der Waals surface area contributed by atoms with Crippen LogP contribution in [-0.4, -0.2) is 45.6 Å². The molecule has 2 N–H and O–H groups in total. The average Bonchev–Trinajstić information content (AvgIpc) is 2.81. The number of carboxylic acids is 1. The first kappa shape index (κ1) is 20.2. The van der Waals surface area contributed by atoms with E-state index in [0.29, 0.717) is 25.0 Å². The minimum atomic E-state index is -1.08. The fourth-order valence-corrected chi connectivity index (χ4v) is 3.90. The zero-order valence-corrected chi connectivity index (χ0v) is 16.4. The van der Waals surface area contributed by atoms with E-state index in [1.165, 1.54) is 4.90 Å². The summed E-state index contributed by atoms with van der Waals surface area (Å²) in [6.07, 6.45) is 7.01. The van der Waals surface area contributed by atoms with E-state index < -0.39 is 23.8 Å². The molecule has 0 bridgehead atoms. The predicted octanol–water partition coefficient (Wildman–Crippen LogP) is 2.32. The molecule has 1 aromatic rings. The first-order chi connectivity index (χ1) is 13.5. The molecule has 1 aromatic carbocycles. The van der Waals surface area contributed by atoms with Crippen molar-refractivity contribution in [2.75, 3.05) is 6.54 Å². The van der Waals surface area contributed by atoms with E-state index >= 15 is 0 Å². The molecule has 2 amide bonds. The van der Waals surface area contributed by atoms with E-state index in [1.807, 2.05) is 42.5 Å². The molecule has 0 saturated heterocycles. The number of hydrogen-bond donors (Lipinski definition) is 3. The van der Waals surface area contributed by atoms with E-state index in [9.17, 15) is 19.5 Å². The van der Waals surface area contributed by atoms with E-state index in [1.54, 1.807) is 0 Å². The Hall–Kier alpha value is -2.54. The van der Waals surface area contributed by atoms with Gasteiger partial charge in [0.1, 0.15) is 12.6 Å².